The molecule has 120 valence electrons. The SMILES string of the molecule is COC(=O)[C@@H](NC(=O)c1cc(Br)cc(Br)c1)C1CCCCC1. The summed E-state index contributed by atoms with van der Waals surface area (Å²) < 4.78 is 6.49. The first kappa shape index (κ1) is 17.5. The fraction of sp³-hybridized carbons (Fsp3) is 0.500. The molecular formula is C16H19Br2NO3. The predicted octanol–water partition coefficient (Wildman–Crippen LogP) is 4.06. The van der Waals surface area contributed by atoms with Gasteiger partial charge in [-0.25, -0.2) is 4.79 Å². The van der Waals surface area contributed by atoms with E-state index in [1.807, 2.05) is 6.07 Å². The molecule has 1 saturated carbocycles. The van der Waals surface area contributed by atoms with Gasteiger partial charge < -0.3 is 10.1 Å². The van der Waals surface area contributed by atoms with Crippen molar-refractivity contribution in [3.05, 3.63) is 32.7 Å². The van der Waals surface area contributed by atoms with E-state index in [9.17, 15) is 9.59 Å². The second kappa shape index (κ2) is 8.11. The van der Waals surface area contributed by atoms with E-state index in [-0.39, 0.29) is 17.8 Å². The van der Waals surface area contributed by atoms with Crippen molar-refractivity contribution in [2.24, 2.45) is 5.92 Å². The highest BCUT2D eigenvalue weighted by Gasteiger charge is 2.32. The van der Waals surface area contributed by atoms with Gasteiger partial charge in [-0.1, -0.05) is 51.1 Å². The number of nitrogens with one attached hydrogen (secondary N) is 1. The number of halogens is 2. The minimum absolute atomic E-state index is 0.153. The molecule has 0 heterocycles. The Morgan fingerprint density at radius 2 is 1.73 bits per heavy atom. The monoisotopic (exact) mass is 431 g/mol. The van der Waals surface area contributed by atoms with Crippen molar-refractivity contribution in [2.45, 2.75) is 38.1 Å². The maximum Gasteiger partial charge on any atom is 0.328 e. The second-order valence-corrected chi connectivity index (χ2v) is 7.36. The summed E-state index contributed by atoms with van der Waals surface area (Å²) in [5.41, 5.74) is 0.506. The van der Waals surface area contributed by atoms with Crippen LogP contribution in [-0.2, 0) is 9.53 Å². The van der Waals surface area contributed by atoms with Crippen LogP contribution < -0.4 is 5.32 Å². The molecular weight excluding hydrogens is 414 g/mol. The number of hydrogen-bond acceptors (Lipinski definition) is 3. The summed E-state index contributed by atoms with van der Waals surface area (Å²) >= 11 is 6.73. The molecule has 0 unspecified atom stereocenters. The fourth-order valence-corrected chi connectivity index (χ4v) is 4.17. The number of rotatable bonds is 4. The van der Waals surface area contributed by atoms with E-state index in [0.29, 0.717) is 5.56 Å². The Morgan fingerprint density at radius 3 is 2.27 bits per heavy atom. The van der Waals surface area contributed by atoms with Gasteiger partial charge in [0.15, 0.2) is 0 Å². The van der Waals surface area contributed by atoms with Gasteiger partial charge >= 0.3 is 5.97 Å². The Morgan fingerprint density at radius 1 is 1.14 bits per heavy atom. The molecule has 1 aliphatic rings. The second-order valence-electron chi connectivity index (χ2n) is 5.53. The lowest BCUT2D eigenvalue weighted by Crippen LogP contribution is -2.47. The van der Waals surface area contributed by atoms with Gasteiger partial charge in [0.1, 0.15) is 6.04 Å². The minimum atomic E-state index is -0.574. The lowest BCUT2D eigenvalue weighted by molar-refractivity contribution is -0.144. The molecule has 0 saturated heterocycles. The summed E-state index contributed by atoms with van der Waals surface area (Å²) in [5.74, 6) is -0.474. The zero-order chi connectivity index (χ0) is 16.1. The lowest BCUT2D eigenvalue weighted by atomic mass is 9.83. The molecule has 1 fully saturated rings. The highest BCUT2D eigenvalue weighted by atomic mass is 79.9. The maximum atomic E-state index is 12.5. The summed E-state index contributed by atoms with van der Waals surface area (Å²) in [4.78, 5) is 24.5. The number of benzene rings is 1. The molecule has 2 rings (SSSR count). The number of amides is 1. The van der Waals surface area contributed by atoms with Gasteiger partial charge in [-0.05, 0) is 37.0 Å². The van der Waals surface area contributed by atoms with Crippen molar-refractivity contribution < 1.29 is 14.3 Å². The molecule has 22 heavy (non-hydrogen) atoms. The summed E-state index contributed by atoms with van der Waals surface area (Å²) in [6.07, 6.45) is 5.27. The van der Waals surface area contributed by atoms with Crippen LogP contribution in [0, 0.1) is 5.92 Å². The van der Waals surface area contributed by atoms with Crippen LogP contribution in [0.1, 0.15) is 42.5 Å². The third-order valence-corrected chi connectivity index (χ3v) is 4.90. The van der Waals surface area contributed by atoms with Gasteiger partial charge in [-0.3, -0.25) is 4.79 Å². The van der Waals surface area contributed by atoms with Gasteiger partial charge in [0.2, 0.25) is 0 Å². The van der Waals surface area contributed by atoms with Gasteiger partial charge in [0.05, 0.1) is 7.11 Å². The van der Waals surface area contributed by atoms with Crippen molar-refractivity contribution in [1.82, 2.24) is 5.32 Å². The summed E-state index contributed by atoms with van der Waals surface area (Å²) in [6.45, 7) is 0. The summed E-state index contributed by atoms with van der Waals surface area (Å²) in [5, 5.41) is 2.85. The molecule has 0 aromatic heterocycles. The van der Waals surface area contributed by atoms with Crippen molar-refractivity contribution in [3.63, 3.8) is 0 Å². The van der Waals surface area contributed by atoms with Crippen molar-refractivity contribution in [3.8, 4) is 0 Å². The molecule has 0 spiro atoms. The number of ether oxygens (including phenoxy) is 1. The molecule has 1 aromatic rings. The Kier molecular flexibility index (Phi) is 6.44. The third kappa shape index (κ3) is 4.56. The number of methoxy groups -OCH3 is 1. The molecule has 1 atom stereocenters. The highest BCUT2D eigenvalue weighted by Crippen LogP contribution is 2.27. The van der Waals surface area contributed by atoms with E-state index in [4.69, 9.17) is 4.74 Å². The topological polar surface area (TPSA) is 55.4 Å². The normalized spacial score (nSPS) is 16.9. The maximum absolute atomic E-state index is 12.5. The van der Waals surface area contributed by atoms with Gasteiger partial charge in [0.25, 0.3) is 5.91 Å². The Hall–Kier alpha value is -0.880. The number of carbonyl (C=O) groups excluding carboxylic acids is 2. The smallest absolute Gasteiger partial charge is 0.328 e. The van der Waals surface area contributed by atoms with Crippen molar-refractivity contribution in [1.29, 1.82) is 0 Å². The van der Waals surface area contributed by atoms with Gasteiger partial charge in [-0.2, -0.15) is 0 Å². The van der Waals surface area contributed by atoms with E-state index >= 15 is 0 Å². The average molecular weight is 433 g/mol. The third-order valence-electron chi connectivity index (χ3n) is 3.99. The van der Waals surface area contributed by atoms with Gasteiger partial charge in [-0.15, -0.1) is 0 Å². The van der Waals surface area contributed by atoms with Crippen LogP contribution in [0.25, 0.3) is 0 Å². The van der Waals surface area contributed by atoms with Crippen molar-refractivity contribution >= 4 is 43.7 Å². The molecule has 0 bridgehead atoms. The first-order valence-corrected chi connectivity index (χ1v) is 8.94. The van der Waals surface area contributed by atoms with Crippen LogP contribution in [-0.4, -0.2) is 25.0 Å². The summed E-state index contributed by atoms with van der Waals surface area (Å²) in [6, 6.07) is 4.75. The van der Waals surface area contributed by atoms with Crippen molar-refractivity contribution in [2.75, 3.05) is 7.11 Å². The van der Waals surface area contributed by atoms with Gasteiger partial charge in [0, 0.05) is 14.5 Å². The zero-order valence-corrected chi connectivity index (χ0v) is 15.6. The average Bonchev–Trinajstić information content (AvgIpc) is 2.51. The molecule has 1 aromatic carbocycles. The quantitative estimate of drug-likeness (QED) is 0.729. The first-order chi connectivity index (χ1) is 10.5. The number of carbonyl (C=O) groups is 2. The Labute approximate surface area is 147 Å². The molecule has 6 heteroatoms. The first-order valence-electron chi connectivity index (χ1n) is 7.36. The van der Waals surface area contributed by atoms with Crippen LogP contribution in [0.5, 0.6) is 0 Å². The fourth-order valence-electron chi connectivity index (χ4n) is 2.87. The Balaban J connectivity index is 2.14. The zero-order valence-electron chi connectivity index (χ0n) is 12.4. The molecule has 4 nitrogen and oxygen atoms in total. The standard InChI is InChI=1S/C16H19Br2NO3/c1-22-16(21)14(10-5-3-2-4-6-10)19-15(20)11-7-12(17)9-13(18)8-11/h7-10,14H,2-6H2,1H3,(H,19,20)/t14-/m0/s1. The number of hydrogen-bond donors (Lipinski definition) is 1. The van der Waals surface area contributed by atoms with Crippen LogP contribution >= 0.6 is 31.9 Å². The molecule has 1 aliphatic carbocycles. The van der Waals surface area contributed by atoms with E-state index in [2.05, 4.69) is 37.2 Å². The Bertz CT molecular complexity index is 536. The van der Waals surface area contributed by atoms with E-state index in [1.54, 1.807) is 12.1 Å². The van der Waals surface area contributed by atoms with Crippen LogP contribution in [0.4, 0.5) is 0 Å². The minimum Gasteiger partial charge on any atom is -0.467 e. The van der Waals surface area contributed by atoms with Crippen LogP contribution in [0.3, 0.4) is 0 Å². The van der Waals surface area contributed by atoms with E-state index in [0.717, 1.165) is 34.6 Å². The lowest BCUT2D eigenvalue weighted by Gasteiger charge is -2.29. The van der Waals surface area contributed by atoms with Crippen LogP contribution in [0.2, 0.25) is 0 Å². The van der Waals surface area contributed by atoms with E-state index < -0.39 is 6.04 Å². The van der Waals surface area contributed by atoms with Crippen LogP contribution in [0.15, 0.2) is 27.1 Å². The summed E-state index contributed by atoms with van der Waals surface area (Å²) in [7, 11) is 1.36. The molecule has 1 N–H and O–H groups in total. The molecule has 0 radical (unpaired) electrons. The molecule has 0 aliphatic heterocycles. The highest BCUT2D eigenvalue weighted by molar-refractivity contribution is 9.11. The van der Waals surface area contributed by atoms with E-state index in [1.165, 1.54) is 13.5 Å². The number of esters is 1. The predicted molar refractivity (Wildman–Crippen MR) is 91.7 cm³/mol. The largest absolute Gasteiger partial charge is 0.467 e. The molecule has 1 amide bonds.